The van der Waals surface area contributed by atoms with Gasteiger partial charge in [-0.15, -0.1) is 0 Å². The van der Waals surface area contributed by atoms with Gasteiger partial charge >= 0.3 is 0 Å². The topological polar surface area (TPSA) is 63.3 Å². The van der Waals surface area contributed by atoms with Gasteiger partial charge in [-0.2, -0.15) is 0 Å². The molecule has 76 valence electrons. The normalized spacial score (nSPS) is 26.8. The van der Waals surface area contributed by atoms with E-state index in [-0.39, 0.29) is 23.3 Å². The molecule has 0 saturated heterocycles. The van der Waals surface area contributed by atoms with Crippen molar-refractivity contribution in [1.82, 2.24) is 0 Å². The van der Waals surface area contributed by atoms with Crippen LogP contribution in [0.1, 0.15) is 34.1 Å². The van der Waals surface area contributed by atoms with Crippen molar-refractivity contribution in [3.63, 3.8) is 0 Å². The predicted octanol–water partition coefficient (Wildman–Crippen LogP) is 0.907. The standard InChI is InChI=1S/C10H19NO2/c1-8(2)9(3,4)10(8,5-6-12)7(11)13/h12H,5-6H2,1-4H3,(H2,11,13). The van der Waals surface area contributed by atoms with Gasteiger partial charge in [0.2, 0.25) is 5.91 Å². The highest BCUT2D eigenvalue weighted by Crippen LogP contribution is 2.79. The molecule has 0 aliphatic heterocycles. The van der Waals surface area contributed by atoms with E-state index in [1.165, 1.54) is 0 Å². The third-order valence-electron chi connectivity index (χ3n) is 4.54. The molecule has 0 aromatic carbocycles. The maximum absolute atomic E-state index is 11.4. The van der Waals surface area contributed by atoms with Crippen molar-refractivity contribution in [2.45, 2.75) is 34.1 Å². The maximum atomic E-state index is 11.4. The lowest BCUT2D eigenvalue weighted by atomic mass is 9.90. The fourth-order valence-electron chi connectivity index (χ4n) is 2.96. The zero-order valence-electron chi connectivity index (χ0n) is 8.85. The van der Waals surface area contributed by atoms with E-state index in [1.54, 1.807) is 0 Å². The Kier molecular flexibility index (Phi) is 2.00. The molecule has 0 spiro atoms. The molecule has 1 rings (SSSR count). The van der Waals surface area contributed by atoms with Gasteiger partial charge in [-0.3, -0.25) is 4.79 Å². The van der Waals surface area contributed by atoms with Crippen molar-refractivity contribution in [1.29, 1.82) is 0 Å². The Morgan fingerprint density at radius 3 is 1.69 bits per heavy atom. The molecule has 0 bridgehead atoms. The van der Waals surface area contributed by atoms with Crippen molar-refractivity contribution in [2.24, 2.45) is 22.0 Å². The van der Waals surface area contributed by atoms with E-state index in [4.69, 9.17) is 10.8 Å². The van der Waals surface area contributed by atoms with E-state index in [1.807, 2.05) is 27.7 Å². The Labute approximate surface area is 79.3 Å². The summed E-state index contributed by atoms with van der Waals surface area (Å²) in [7, 11) is 0. The lowest BCUT2D eigenvalue weighted by molar-refractivity contribution is -0.125. The number of amides is 1. The van der Waals surface area contributed by atoms with Crippen molar-refractivity contribution in [2.75, 3.05) is 6.61 Å². The fourth-order valence-corrected chi connectivity index (χ4v) is 2.96. The zero-order valence-corrected chi connectivity index (χ0v) is 8.85. The van der Waals surface area contributed by atoms with Crippen LogP contribution in [0.5, 0.6) is 0 Å². The number of primary amides is 1. The van der Waals surface area contributed by atoms with Gasteiger partial charge in [-0.05, 0) is 17.3 Å². The first-order chi connectivity index (χ1) is 5.75. The van der Waals surface area contributed by atoms with Gasteiger partial charge in [0, 0.05) is 6.61 Å². The second kappa shape index (κ2) is 2.47. The largest absolute Gasteiger partial charge is 0.396 e. The van der Waals surface area contributed by atoms with Crippen molar-refractivity contribution in [3.8, 4) is 0 Å². The van der Waals surface area contributed by atoms with E-state index in [2.05, 4.69) is 0 Å². The number of nitrogens with two attached hydrogens (primary N) is 1. The Balaban J connectivity index is 3.05. The third-order valence-corrected chi connectivity index (χ3v) is 4.54. The minimum atomic E-state index is -0.519. The Hall–Kier alpha value is -0.570. The summed E-state index contributed by atoms with van der Waals surface area (Å²) < 4.78 is 0. The molecule has 3 N–H and O–H groups in total. The van der Waals surface area contributed by atoms with Crippen LogP contribution in [0.2, 0.25) is 0 Å². The van der Waals surface area contributed by atoms with Crippen LogP contribution in [0.15, 0.2) is 0 Å². The van der Waals surface area contributed by atoms with Gasteiger partial charge in [0.1, 0.15) is 0 Å². The average molecular weight is 185 g/mol. The first-order valence-corrected chi connectivity index (χ1v) is 4.66. The van der Waals surface area contributed by atoms with Crippen LogP contribution >= 0.6 is 0 Å². The van der Waals surface area contributed by atoms with Crippen molar-refractivity contribution >= 4 is 5.91 Å². The summed E-state index contributed by atoms with van der Waals surface area (Å²) >= 11 is 0. The Morgan fingerprint density at radius 2 is 1.62 bits per heavy atom. The number of carbonyl (C=O) groups excluding carboxylic acids is 1. The number of aliphatic hydroxyl groups excluding tert-OH is 1. The molecular weight excluding hydrogens is 166 g/mol. The van der Waals surface area contributed by atoms with Crippen LogP contribution in [-0.4, -0.2) is 17.6 Å². The summed E-state index contributed by atoms with van der Waals surface area (Å²) in [5.41, 5.74) is 4.70. The second-order valence-corrected chi connectivity index (χ2v) is 4.99. The molecule has 1 aliphatic carbocycles. The fraction of sp³-hybridized carbons (Fsp3) is 0.900. The van der Waals surface area contributed by atoms with Gasteiger partial charge in [-0.25, -0.2) is 0 Å². The number of carbonyl (C=O) groups is 1. The molecule has 13 heavy (non-hydrogen) atoms. The van der Waals surface area contributed by atoms with E-state index in [9.17, 15) is 4.79 Å². The summed E-state index contributed by atoms with van der Waals surface area (Å²) in [6.45, 7) is 8.16. The van der Waals surface area contributed by atoms with Crippen molar-refractivity contribution < 1.29 is 9.90 Å². The molecule has 1 amide bonds. The van der Waals surface area contributed by atoms with Crippen LogP contribution in [0.4, 0.5) is 0 Å². The zero-order chi connectivity index (χ0) is 10.5. The summed E-state index contributed by atoms with van der Waals surface area (Å²) in [5.74, 6) is -0.281. The Bertz CT molecular complexity index is 229. The van der Waals surface area contributed by atoms with E-state index >= 15 is 0 Å². The molecule has 3 nitrogen and oxygen atoms in total. The number of hydrogen-bond donors (Lipinski definition) is 2. The number of rotatable bonds is 3. The smallest absolute Gasteiger partial charge is 0.224 e. The highest BCUT2D eigenvalue weighted by atomic mass is 16.3. The first kappa shape index (κ1) is 10.5. The molecule has 3 heteroatoms. The number of hydrogen-bond acceptors (Lipinski definition) is 2. The highest BCUT2D eigenvalue weighted by Gasteiger charge is 2.79. The molecule has 0 aromatic heterocycles. The third kappa shape index (κ3) is 0.857. The van der Waals surface area contributed by atoms with Crippen LogP contribution in [0.3, 0.4) is 0 Å². The van der Waals surface area contributed by atoms with E-state index in [0.717, 1.165) is 0 Å². The number of aliphatic hydroxyl groups is 1. The lowest BCUT2D eigenvalue weighted by Gasteiger charge is -2.15. The predicted molar refractivity (Wildman–Crippen MR) is 50.9 cm³/mol. The summed E-state index contributed by atoms with van der Waals surface area (Å²) in [5, 5.41) is 8.95. The summed E-state index contributed by atoms with van der Waals surface area (Å²) in [6, 6.07) is 0. The quantitative estimate of drug-likeness (QED) is 0.686. The van der Waals surface area contributed by atoms with Gasteiger partial charge in [-0.1, -0.05) is 27.7 Å². The van der Waals surface area contributed by atoms with Gasteiger partial charge in [0.15, 0.2) is 0 Å². The molecule has 1 aliphatic rings. The lowest BCUT2D eigenvalue weighted by Crippen LogP contribution is -2.31. The highest BCUT2D eigenvalue weighted by molar-refractivity contribution is 5.87. The van der Waals surface area contributed by atoms with E-state index in [0.29, 0.717) is 6.42 Å². The summed E-state index contributed by atoms with van der Waals surface area (Å²) in [4.78, 5) is 11.4. The molecule has 0 unspecified atom stereocenters. The van der Waals surface area contributed by atoms with E-state index < -0.39 is 5.41 Å². The van der Waals surface area contributed by atoms with Gasteiger partial charge in [0.25, 0.3) is 0 Å². The minimum Gasteiger partial charge on any atom is -0.396 e. The van der Waals surface area contributed by atoms with Gasteiger partial charge < -0.3 is 10.8 Å². The van der Waals surface area contributed by atoms with Gasteiger partial charge in [0.05, 0.1) is 5.41 Å². The molecule has 1 fully saturated rings. The first-order valence-electron chi connectivity index (χ1n) is 4.66. The van der Waals surface area contributed by atoms with Crippen LogP contribution in [0.25, 0.3) is 0 Å². The molecule has 0 atom stereocenters. The van der Waals surface area contributed by atoms with Crippen LogP contribution < -0.4 is 5.73 Å². The molecule has 0 heterocycles. The average Bonchev–Trinajstić information content (AvgIpc) is 2.29. The minimum absolute atomic E-state index is 0.0236. The molecule has 1 saturated carbocycles. The Morgan fingerprint density at radius 1 is 1.23 bits per heavy atom. The van der Waals surface area contributed by atoms with Crippen LogP contribution in [-0.2, 0) is 4.79 Å². The molecule has 0 aromatic rings. The maximum Gasteiger partial charge on any atom is 0.224 e. The molecule has 0 radical (unpaired) electrons. The molecular formula is C10H19NO2. The van der Waals surface area contributed by atoms with Crippen molar-refractivity contribution in [3.05, 3.63) is 0 Å². The van der Waals surface area contributed by atoms with Crippen LogP contribution in [0, 0.1) is 16.2 Å². The monoisotopic (exact) mass is 185 g/mol. The second-order valence-electron chi connectivity index (χ2n) is 4.99. The summed E-state index contributed by atoms with van der Waals surface area (Å²) in [6.07, 6.45) is 0.475. The SMILES string of the molecule is CC1(C)C(C)(C)C1(CCO)C(N)=O.